The minimum absolute atomic E-state index is 0.106. The molecule has 20 heavy (non-hydrogen) atoms. The Morgan fingerprint density at radius 2 is 2.10 bits per heavy atom. The Morgan fingerprint density at radius 3 is 2.75 bits per heavy atom. The summed E-state index contributed by atoms with van der Waals surface area (Å²) in [6, 6.07) is 1.32. The first-order valence-electron chi connectivity index (χ1n) is 6.87. The highest BCUT2D eigenvalue weighted by atomic mass is 127. The first-order chi connectivity index (χ1) is 9.58. The summed E-state index contributed by atoms with van der Waals surface area (Å²) < 4.78 is 1.05. The van der Waals surface area contributed by atoms with E-state index in [-0.39, 0.29) is 11.9 Å². The van der Waals surface area contributed by atoms with Crippen molar-refractivity contribution in [3.63, 3.8) is 0 Å². The van der Waals surface area contributed by atoms with Crippen LogP contribution in [0.3, 0.4) is 0 Å². The van der Waals surface area contributed by atoms with E-state index in [2.05, 4.69) is 22.6 Å². The Morgan fingerprint density at radius 1 is 1.35 bits per heavy atom. The van der Waals surface area contributed by atoms with Crippen LogP contribution in [-0.4, -0.2) is 34.0 Å². The summed E-state index contributed by atoms with van der Waals surface area (Å²) >= 11 is 3.71. The Hall–Kier alpha value is -0.630. The quantitative estimate of drug-likeness (QED) is 0.769. The third-order valence-corrected chi connectivity index (χ3v) is 6.21. The zero-order valence-corrected chi connectivity index (χ0v) is 13.9. The van der Waals surface area contributed by atoms with Crippen molar-refractivity contribution in [2.24, 2.45) is 5.92 Å². The second-order valence-corrected chi connectivity index (χ2v) is 8.36. The number of carboxylic acids is 1. The maximum atomic E-state index is 12.7. The van der Waals surface area contributed by atoms with Crippen molar-refractivity contribution in [2.75, 3.05) is 0 Å². The molecule has 1 saturated carbocycles. The Bertz CT molecular complexity index is 544. The van der Waals surface area contributed by atoms with Gasteiger partial charge in [0.25, 0.3) is 5.91 Å². The number of thiophene rings is 1. The van der Waals surface area contributed by atoms with E-state index in [0.717, 1.165) is 28.6 Å². The number of carbonyl (C=O) groups excluding carboxylic acids is 1. The maximum absolute atomic E-state index is 12.7. The maximum Gasteiger partial charge on any atom is 0.326 e. The molecule has 0 spiro atoms. The number of carbonyl (C=O) groups is 2. The molecule has 0 bridgehead atoms. The lowest BCUT2D eigenvalue weighted by atomic mass is 9.84. The lowest BCUT2D eigenvalue weighted by Crippen LogP contribution is -2.46. The fraction of sp³-hybridized carbons (Fsp3) is 0.571. The number of carboxylic acid groups (broad SMARTS) is 1. The topological polar surface area (TPSA) is 57.6 Å². The van der Waals surface area contributed by atoms with Crippen LogP contribution in [0.2, 0.25) is 0 Å². The number of rotatable bonds is 2. The number of hydrogen-bond acceptors (Lipinski definition) is 3. The molecule has 108 valence electrons. The molecule has 3 atom stereocenters. The second-order valence-electron chi connectivity index (χ2n) is 5.55. The van der Waals surface area contributed by atoms with Gasteiger partial charge in [0, 0.05) is 11.4 Å². The average Bonchev–Trinajstić information content (AvgIpc) is 3.01. The van der Waals surface area contributed by atoms with Gasteiger partial charge in [-0.25, -0.2) is 4.79 Å². The minimum Gasteiger partial charge on any atom is -0.480 e. The highest BCUT2D eigenvalue weighted by Gasteiger charge is 2.47. The van der Waals surface area contributed by atoms with Crippen LogP contribution in [0.5, 0.6) is 0 Å². The largest absolute Gasteiger partial charge is 0.480 e. The lowest BCUT2D eigenvalue weighted by Gasteiger charge is -2.32. The van der Waals surface area contributed by atoms with Crippen molar-refractivity contribution in [1.29, 1.82) is 0 Å². The molecule has 2 heterocycles. The molecule has 4 nitrogen and oxygen atoms in total. The standard InChI is InChI=1S/C14H16INO3S/c15-12-6-9(7-20-12)13(17)16-10-4-2-1-3-8(10)5-11(16)14(18)19/h6-8,10-11H,1-5H2,(H,18,19). The molecule has 1 aliphatic heterocycles. The van der Waals surface area contributed by atoms with Gasteiger partial charge in [0.15, 0.2) is 0 Å². The van der Waals surface area contributed by atoms with Crippen molar-refractivity contribution < 1.29 is 14.7 Å². The molecule has 1 aliphatic carbocycles. The predicted molar refractivity (Wildman–Crippen MR) is 85.0 cm³/mol. The smallest absolute Gasteiger partial charge is 0.326 e. The van der Waals surface area contributed by atoms with Crippen LogP contribution in [0.25, 0.3) is 0 Å². The highest BCUT2D eigenvalue weighted by Crippen LogP contribution is 2.40. The zero-order valence-electron chi connectivity index (χ0n) is 10.9. The van der Waals surface area contributed by atoms with Gasteiger partial charge in [0.2, 0.25) is 0 Å². The van der Waals surface area contributed by atoms with Crippen LogP contribution in [0.1, 0.15) is 42.5 Å². The summed E-state index contributed by atoms with van der Waals surface area (Å²) in [6.45, 7) is 0. The second kappa shape index (κ2) is 5.63. The van der Waals surface area contributed by atoms with E-state index in [4.69, 9.17) is 0 Å². The third kappa shape index (κ3) is 2.47. The van der Waals surface area contributed by atoms with Gasteiger partial charge in [-0.2, -0.15) is 0 Å². The van der Waals surface area contributed by atoms with Gasteiger partial charge in [-0.1, -0.05) is 12.8 Å². The van der Waals surface area contributed by atoms with E-state index in [9.17, 15) is 14.7 Å². The fourth-order valence-electron chi connectivity index (χ4n) is 3.54. The molecule has 1 N–H and O–H groups in total. The molecule has 1 aromatic rings. The number of nitrogens with zero attached hydrogens (tertiary/aromatic N) is 1. The number of hydrogen-bond donors (Lipinski definition) is 1. The normalized spacial score (nSPS) is 29.2. The molecule has 1 amide bonds. The number of halogens is 1. The van der Waals surface area contributed by atoms with Crippen molar-refractivity contribution >= 4 is 45.8 Å². The van der Waals surface area contributed by atoms with E-state index < -0.39 is 12.0 Å². The molecule has 0 radical (unpaired) electrons. The molecule has 6 heteroatoms. The monoisotopic (exact) mass is 405 g/mol. The van der Waals surface area contributed by atoms with E-state index >= 15 is 0 Å². The molecule has 2 fully saturated rings. The summed E-state index contributed by atoms with van der Waals surface area (Å²) in [7, 11) is 0. The summed E-state index contributed by atoms with van der Waals surface area (Å²) in [5.41, 5.74) is 0.636. The van der Waals surface area contributed by atoms with Gasteiger partial charge in [-0.15, -0.1) is 11.3 Å². The van der Waals surface area contributed by atoms with Crippen LogP contribution in [-0.2, 0) is 4.79 Å². The van der Waals surface area contributed by atoms with Gasteiger partial charge >= 0.3 is 5.97 Å². The highest BCUT2D eigenvalue weighted by molar-refractivity contribution is 14.1. The van der Waals surface area contributed by atoms with Crippen LogP contribution in [0.15, 0.2) is 11.4 Å². The predicted octanol–water partition coefficient (Wildman–Crippen LogP) is 3.21. The molecule has 0 aromatic carbocycles. The van der Waals surface area contributed by atoms with Gasteiger partial charge < -0.3 is 10.0 Å². The van der Waals surface area contributed by atoms with Crippen LogP contribution in [0, 0.1) is 8.80 Å². The summed E-state index contributed by atoms with van der Waals surface area (Å²) in [4.78, 5) is 25.9. The molecular formula is C14H16INO3S. The number of likely N-dealkylation sites (tertiary alicyclic amines) is 1. The SMILES string of the molecule is O=C(O)C1CC2CCCCC2N1C(=O)c1csc(I)c1. The van der Waals surface area contributed by atoms with Crippen molar-refractivity contribution in [3.8, 4) is 0 Å². The Balaban J connectivity index is 1.90. The summed E-state index contributed by atoms with van der Waals surface area (Å²) in [5.74, 6) is -0.602. The summed E-state index contributed by atoms with van der Waals surface area (Å²) in [6.07, 6.45) is 4.87. The van der Waals surface area contributed by atoms with Gasteiger partial charge in [-0.05, 0) is 53.8 Å². The summed E-state index contributed by atoms with van der Waals surface area (Å²) in [5, 5.41) is 11.3. The van der Waals surface area contributed by atoms with Crippen molar-refractivity contribution in [3.05, 3.63) is 19.9 Å². The zero-order chi connectivity index (χ0) is 14.3. The molecule has 3 rings (SSSR count). The van der Waals surface area contributed by atoms with E-state index in [0.29, 0.717) is 17.9 Å². The number of aliphatic carboxylic acids is 1. The average molecular weight is 405 g/mol. The molecule has 2 aliphatic rings. The third-order valence-electron chi connectivity index (χ3n) is 4.42. The number of fused-ring (bicyclic) bond motifs is 1. The first-order valence-corrected chi connectivity index (χ1v) is 8.83. The van der Waals surface area contributed by atoms with Crippen molar-refractivity contribution in [1.82, 2.24) is 4.90 Å². The van der Waals surface area contributed by atoms with Gasteiger partial charge in [-0.3, -0.25) is 4.79 Å². The van der Waals surface area contributed by atoms with Crippen LogP contribution < -0.4 is 0 Å². The van der Waals surface area contributed by atoms with Crippen LogP contribution in [0.4, 0.5) is 0 Å². The van der Waals surface area contributed by atoms with E-state index in [1.54, 1.807) is 4.90 Å². The van der Waals surface area contributed by atoms with Crippen LogP contribution >= 0.6 is 33.9 Å². The lowest BCUT2D eigenvalue weighted by molar-refractivity contribution is -0.141. The fourth-order valence-corrected chi connectivity index (χ4v) is 4.86. The molecule has 1 aromatic heterocycles. The Kier molecular flexibility index (Phi) is 4.03. The molecule has 1 saturated heterocycles. The minimum atomic E-state index is -0.863. The van der Waals surface area contributed by atoms with Crippen molar-refractivity contribution in [2.45, 2.75) is 44.2 Å². The molecule has 3 unspecified atom stereocenters. The van der Waals surface area contributed by atoms with Gasteiger partial charge in [0.05, 0.1) is 8.45 Å². The van der Waals surface area contributed by atoms with E-state index in [1.165, 1.54) is 11.3 Å². The number of amides is 1. The Labute approximate surface area is 135 Å². The first kappa shape index (κ1) is 14.3. The molecular weight excluding hydrogens is 389 g/mol. The van der Waals surface area contributed by atoms with E-state index in [1.807, 2.05) is 11.4 Å². The van der Waals surface area contributed by atoms with Gasteiger partial charge in [0.1, 0.15) is 6.04 Å².